The van der Waals surface area contributed by atoms with E-state index in [1.165, 1.54) is 29.7 Å². The molecule has 2 aromatic rings. The van der Waals surface area contributed by atoms with Gasteiger partial charge in [-0.05, 0) is 50.1 Å². The third kappa shape index (κ3) is 3.40. The first-order valence-corrected chi connectivity index (χ1v) is 7.33. The minimum absolute atomic E-state index is 0.0684. The highest BCUT2D eigenvalue weighted by molar-refractivity contribution is 9.13. The van der Waals surface area contributed by atoms with E-state index >= 15 is 0 Å². The van der Waals surface area contributed by atoms with Gasteiger partial charge in [-0.3, -0.25) is 4.79 Å². The maximum absolute atomic E-state index is 11.9. The summed E-state index contributed by atoms with van der Waals surface area (Å²) in [7, 11) is 0. The van der Waals surface area contributed by atoms with E-state index in [0.717, 1.165) is 8.26 Å². The Labute approximate surface area is 128 Å². The summed E-state index contributed by atoms with van der Waals surface area (Å²) in [6.45, 7) is 0. The number of aromatic nitrogens is 1. The van der Waals surface area contributed by atoms with Gasteiger partial charge in [0.25, 0.3) is 5.91 Å². The van der Waals surface area contributed by atoms with E-state index in [1.807, 2.05) is 0 Å². The van der Waals surface area contributed by atoms with Crippen LogP contribution in [0.1, 0.15) is 20.0 Å². The zero-order chi connectivity index (χ0) is 14.0. The highest BCUT2D eigenvalue weighted by Gasteiger charge is 2.13. The normalized spacial score (nSPS) is 10.2. The molecule has 0 aromatic carbocycles. The monoisotopic (exact) mass is 404 g/mol. The Morgan fingerprint density at radius 2 is 2.05 bits per heavy atom. The largest absolute Gasteiger partial charge is 0.478 e. The maximum Gasteiger partial charge on any atom is 0.335 e. The SMILES string of the molecule is O=C(O)c1ccnc(NC(=O)c2cc(Br)c(Br)s2)c1. The highest BCUT2D eigenvalue weighted by Crippen LogP contribution is 2.32. The third-order valence-electron chi connectivity index (χ3n) is 2.12. The Kier molecular flexibility index (Phi) is 4.33. The molecule has 0 saturated carbocycles. The molecule has 19 heavy (non-hydrogen) atoms. The number of thiophene rings is 1. The lowest BCUT2D eigenvalue weighted by Gasteiger charge is -2.03. The van der Waals surface area contributed by atoms with Crippen LogP contribution in [0.3, 0.4) is 0 Å². The lowest BCUT2D eigenvalue weighted by Crippen LogP contribution is -2.12. The number of rotatable bonds is 3. The van der Waals surface area contributed by atoms with Crippen LogP contribution in [0.25, 0.3) is 0 Å². The number of anilines is 1. The van der Waals surface area contributed by atoms with Gasteiger partial charge in [0.1, 0.15) is 5.82 Å². The number of hydrogen-bond acceptors (Lipinski definition) is 4. The Bertz CT molecular complexity index is 638. The number of halogens is 2. The molecule has 0 bridgehead atoms. The van der Waals surface area contributed by atoms with Crippen LogP contribution >= 0.6 is 43.2 Å². The van der Waals surface area contributed by atoms with Crippen molar-refractivity contribution in [3.63, 3.8) is 0 Å². The smallest absolute Gasteiger partial charge is 0.335 e. The summed E-state index contributed by atoms with van der Waals surface area (Å²) in [5.74, 6) is -1.21. The second-order valence-corrected chi connectivity index (χ2v) is 6.65. The topological polar surface area (TPSA) is 79.3 Å². The van der Waals surface area contributed by atoms with Crippen LogP contribution in [0, 0.1) is 0 Å². The second kappa shape index (κ2) is 5.81. The fourth-order valence-electron chi connectivity index (χ4n) is 1.27. The molecule has 8 heteroatoms. The fourth-order valence-corrected chi connectivity index (χ4v) is 3.20. The van der Waals surface area contributed by atoms with E-state index in [0.29, 0.717) is 4.88 Å². The molecule has 2 N–H and O–H groups in total. The van der Waals surface area contributed by atoms with Crippen molar-refractivity contribution in [3.05, 3.63) is 43.1 Å². The molecule has 0 aliphatic rings. The molecule has 2 rings (SSSR count). The van der Waals surface area contributed by atoms with Gasteiger partial charge in [0.2, 0.25) is 0 Å². The summed E-state index contributed by atoms with van der Waals surface area (Å²) in [6, 6.07) is 4.33. The van der Waals surface area contributed by atoms with Crippen molar-refractivity contribution in [2.75, 3.05) is 5.32 Å². The lowest BCUT2D eigenvalue weighted by molar-refractivity contribution is 0.0696. The van der Waals surface area contributed by atoms with Gasteiger partial charge in [0.15, 0.2) is 0 Å². The molecule has 0 atom stereocenters. The molecular weight excluding hydrogens is 400 g/mol. The number of carbonyl (C=O) groups is 2. The minimum atomic E-state index is -1.07. The first-order valence-electron chi connectivity index (χ1n) is 4.93. The minimum Gasteiger partial charge on any atom is -0.478 e. The van der Waals surface area contributed by atoms with E-state index < -0.39 is 5.97 Å². The van der Waals surface area contributed by atoms with Gasteiger partial charge in [-0.15, -0.1) is 11.3 Å². The van der Waals surface area contributed by atoms with Crippen molar-refractivity contribution >= 4 is 60.9 Å². The summed E-state index contributed by atoms with van der Waals surface area (Å²) in [5, 5.41) is 11.4. The molecule has 1 amide bonds. The van der Waals surface area contributed by atoms with E-state index in [4.69, 9.17) is 5.11 Å². The summed E-state index contributed by atoms with van der Waals surface area (Å²) >= 11 is 7.86. The van der Waals surface area contributed by atoms with Crippen LogP contribution in [0.2, 0.25) is 0 Å². The molecule has 0 fully saturated rings. The molecule has 0 saturated heterocycles. The zero-order valence-corrected chi connectivity index (χ0v) is 13.2. The van der Waals surface area contributed by atoms with Gasteiger partial charge in [0.05, 0.1) is 14.2 Å². The molecule has 0 aliphatic heterocycles. The first-order chi connectivity index (χ1) is 8.97. The van der Waals surface area contributed by atoms with Crippen molar-refractivity contribution in [3.8, 4) is 0 Å². The standard InChI is InChI=1S/C11H6Br2N2O3S/c12-6-4-7(19-9(6)13)10(16)15-8-3-5(11(17)18)1-2-14-8/h1-4H,(H,17,18)(H,14,15,16). The summed E-state index contributed by atoms with van der Waals surface area (Å²) in [5.41, 5.74) is 0.0684. The van der Waals surface area contributed by atoms with Crippen LogP contribution in [0.4, 0.5) is 5.82 Å². The number of amides is 1. The molecule has 0 aliphatic carbocycles. The van der Waals surface area contributed by atoms with Gasteiger partial charge in [-0.2, -0.15) is 0 Å². The van der Waals surface area contributed by atoms with Crippen molar-refractivity contribution < 1.29 is 14.7 Å². The number of carboxylic acids is 1. The predicted octanol–water partition coefficient (Wildman–Crippen LogP) is 3.62. The predicted molar refractivity (Wildman–Crippen MR) is 78.9 cm³/mol. The van der Waals surface area contributed by atoms with Gasteiger partial charge >= 0.3 is 5.97 Å². The van der Waals surface area contributed by atoms with E-state index in [1.54, 1.807) is 6.07 Å². The van der Waals surface area contributed by atoms with Crippen LogP contribution in [-0.2, 0) is 0 Å². The average Bonchev–Trinajstić information content (AvgIpc) is 2.70. The quantitative estimate of drug-likeness (QED) is 0.817. The Morgan fingerprint density at radius 1 is 1.32 bits per heavy atom. The number of aromatic carboxylic acids is 1. The van der Waals surface area contributed by atoms with Gasteiger partial charge in [-0.25, -0.2) is 9.78 Å². The number of carboxylic acid groups (broad SMARTS) is 1. The second-order valence-electron chi connectivity index (χ2n) is 3.42. The lowest BCUT2D eigenvalue weighted by atomic mass is 10.2. The Balaban J connectivity index is 2.19. The van der Waals surface area contributed by atoms with Crippen molar-refractivity contribution in [2.45, 2.75) is 0 Å². The fraction of sp³-hybridized carbons (Fsp3) is 0. The van der Waals surface area contributed by atoms with Gasteiger partial charge < -0.3 is 10.4 Å². The molecule has 2 heterocycles. The molecule has 0 radical (unpaired) electrons. The summed E-state index contributed by atoms with van der Waals surface area (Å²) in [4.78, 5) is 27.1. The van der Waals surface area contributed by atoms with Crippen LogP contribution in [0.15, 0.2) is 32.7 Å². The first kappa shape index (κ1) is 14.2. The molecular formula is C11H6Br2N2O3S. The molecule has 2 aromatic heterocycles. The number of hydrogen-bond donors (Lipinski definition) is 2. The average molecular weight is 406 g/mol. The number of pyridine rings is 1. The van der Waals surface area contributed by atoms with Crippen LogP contribution < -0.4 is 5.32 Å². The summed E-state index contributed by atoms with van der Waals surface area (Å²) < 4.78 is 1.60. The van der Waals surface area contributed by atoms with E-state index in [2.05, 4.69) is 42.2 Å². The summed E-state index contributed by atoms with van der Waals surface area (Å²) in [6.07, 6.45) is 1.33. The Hall–Kier alpha value is -1.25. The highest BCUT2D eigenvalue weighted by atomic mass is 79.9. The van der Waals surface area contributed by atoms with Gasteiger partial charge in [-0.1, -0.05) is 0 Å². The van der Waals surface area contributed by atoms with Crippen molar-refractivity contribution in [1.29, 1.82) is 0 Å². The van der Waals surface area contributed by atoms with Crippen LogP contribution in [-0.4, -0.2) is 22.0 Å². The van der Waals surface area contributed by atoms with Crippen molar-refractivity contribution in [1.82, 2.24) is 4.98 Å². The maximum atomic E-state index is 11.9. The van der Waals surface area contributed by atoms with E-state index in [-0.39, 0.29) is 17.3 Å². The number of carbonyl (C=O) groups excluding carboxylic acids is 1. The Morgan fingerprint density at radius 3 is 2.63 bits per heavy atom. The number of nitrogens with zero attached hydrogens (tertiary/aromatic N) is 1. The third-order valence-corrected chi connectivity index (χ3v) is 5.37. The molecule has 0 unspecified atom stereocenters. The number of nitrogens with one attached hydrogen (secondary N) is 1. The molecule has 0 spiro atoms. The van der Waals surface area contributed by atoms with Crippen molar-refractivity contribution in [2.24, 2.45) is 0 Å². The van der Waals surface area contributed by atoms with Gasteiger partial charge in [0, 0.05) is 10.7 Å². The van der Waals surface area contributed by atoms with Crippen LogP contribution in [0.5, 0.6) is 0 Å². The molecule has 5 nitrogen and oxygen atoms in total. The zero-order valence-electron chi connectivity index (χ0n) is 9.18. The van der Waals surface area contributed by atoms with E-state index in [9.17, 15) is 9.59 Å². The molecule has 98 valence electrons.